The molecule has 0 aliphatic carbocycles. The van der Waals surface area contributed by atoms with Gasteiger partial charge in [0.15, 0.2) is 0 Å². The van der Waals surface area contributed by atoms with Crippen molar-refractivity contribution in [2.45, 2.75) is 31.8 Å². The van der Waals surface area contributed by atoms with E-state index in [-0.39, 0.29) is 6.04 Å². The zero-order valence-corrected chi connectivity index (χ0v) is 10.1. The van der Waals surface area contributed by atoms with Crippen LogP contribution in [0.25, 0.3) is 0 Å². The molecule has 86 valence electrons. The molecule has 1 fully saturated rings. The van der Waals surface area contributed by atoms with Crippen molar-refractivity contribution < 1.29 is 0 Å². The van der Waals surface area contributed by atoms with Crippen LogP contribution in [0.2, 0.25) is 0 Å². The van der Waals surface area contributed by atoms with Crippen molar-refractivity contribution in [1.82, 2.24) is 9.88 Å². The van der Waals surface area contributed by atoms with Gasteiger partial charge >= 0.3 is 0 Å². The highest BCUT2D eigenvalue weighted by Crippen LogP contribution is 2.19. The van der Waals surface area contributed by atoms with Crippen LogP contribution in [0.3, 0.4) is 0 Å². The Kier molecular flexibility index (Phi) is 3.85. The van der Waals surface area contributed by atoms with Crippen LogP contribution in [0.5, 0.6) is 0 Å². The topological polar surface area (TPSA) is 42.1 Å². The number of aromatic nitrogens is 1. The molecule has 2 rings (SSSR count). The SMILES string of the molecule is NC(=S)C1CCCCN1Cc1ccccn1. The lowest BCUT2D eigenvalue weighted by Gasteiger charge is -2.34. The molecule has 0 aromatic carbocycles. The average molecular weight is 235 g/mol. The van der Waals surface area contributed by atoms with Crippen LogP contribution in [0, 0.1) is 0 Å². The zero-order valence-electron chi connectivity index (χ0n) is 9.30. The molecule has 0 radical (unpaired) electrons. The molecular weight excluding hydrogens is 218 g/mol. The molecule has 1 unspecified atom stereocenters. The molecule has 3 nitrogen and oxygen atoms in total. The lowest BCUT2D eigenvalue weighted by molar-refractivity contribution is 0.182. The predicted molar refractivity (Wildman–Crippen MR) is 69.1 cm³/mol. The van der Waals surface area contributed by atoms with Crippen LogP contribution < -0.4 is 5.73 Å². The molecule has 16 heavy (non-hydrogen) atoms. The normalized spacial score (nSPS) is 21.9. The average Bonchev–Trinajstić information content (AvgIpc) is 2.31. The second-order valence-corrected chi connectivity index (χ2v) is 4.68. The lowest BCUT2D eigenvalue weighted by atomic mass is 10.0. The van der Waals surface area contributed by atoms with Gasteiger partial charge < -0.3 is 5.73 Å². The minimum atomic E-state index is 0.255. The Morgan fingerprint density at radius 3 is 3.06 bits per heavy atom. The monoisotopic (exact) mass is 235 g/mol. The van der Waals surface area contributed by atoms with Gasteiger partial charge in [0.2, 0.25) is 0 Å². The Labute approximate surface area is 102 Å². The van der Waals surface area contributed by atoms with Gasteiger partial charge in [-0.1, -0.05) is 24.7 Å². The summed E-state index contributed by atoms with van der Waals surface area (Å²) in [6, 6.07) is 6.25. The fraction of sp³-hybridized carbons (Fsp3) is 0.500. The molecule has 0 spiro atoms. The summed E-state index contributed by atoms with van der Waals surface area (Å²) in [5, 5.41) is 0. The fourth-order valence-electron chi connectivity index (χ4n) is 2.20. The van der Waals surface area contributed by atoms with E-state index >= 15 is 0 Å². The Morgan fingerprint density at radius 1 is 1.50 bits per heavy atom. The third-order valence-electron chi connectivity index (χ3n) is 3.03. The molecule has 4 heteroatoms. The van der Waals surface area contributed by atoms with E-state index in [4.69, 9.17) is 18.0 Å². The van der Waals surface area contributed by atoms with Gasteiger partial charge in [0.05, 0.1) is 16.7 Å². The van der Waals surface area contributed by atoms with E-state index in [2.05, 4.69) is 9.88 Å². The first-order valence-corrected chi connectivity index (χ1v) is 6.11. The molecule has 1 aliphatic heterocycles. The smallest absolute Gasteiger partial charge is 0.0902 e. The Morgan fingerprint density at radius 2 is 2.38 bits per heavy atom. The summed E-state index contributed by atoms with van der Waals surface area (Å²) in [4.78, 5) is 7.30. The van der Waals surface area contributed by atoms with Gasteiger partial charge in [-0.05, 0) is 31.5 Å². The van der Waals surface area contributed by atoms with Crippen molar-refractivity contribution in [1.29, 1.82) is 0 Å². The van der Waals surface area contributed by atoms with E-state index in [1.807, 2.05) is 24.4 Å². The quantitative estimate of drug-likeness (QED) is 0.810. The van der Waals surface area contributed by atoms with Gasteiger partial charge in [-0.15, -0.1) is 0 Å². The molecule has 0 amide bonds. The number of hydrogen-bond donors (Lipinski definition) is 1. The molecule has 2 heterocycles. The second kappa shape index (κ2) is 5.37. The Balaban J connectivity index is 2.04. The number of nitrogens with two attached hydrogens (primary N) is 1. The Hall–Kier alpha value is -1.00. The zero-order chi connectivity index (χ0) is 11.4. The summed E-state index contributed by atoms with van der Waals surface area (Å²) < 4.78 is 0. The molecular formula is C12H17N3S. The fourth-order valence-corrected chi connectivity index (χ4v) is 2.47. The molecule has 1 aliphatic rings. The standard InChI is InChI=1S/C12H17N3S/c13-12(16)11-6-2-4-8-15(11)9-10-5-1-3-7-14-10/h1,3,5,7,11H,2,4,6,8-9H2,(H2,13,16). The number of thiocarbonyl (C=S) groups is 1. The maximum absolute atomic E-state index is 5.78. The van der Waals surface area contributed by atoms with E-state index in [1.54, 1.807) is 0 Å². The van der Waals surface area contributed by atoms with Crippen molar-refractivity contribution in [3.63, 3.8) is 0 Å². The first-order valence-electron chi connectivity index (χ1n) is 5.70. The van der Waals surface area contributed by atoms with Gasteiger partial charge in [0.25, 0.3) is 0 Å². The minimum Gasteiger partial charge on any atom is -0.392 e. The van der Waals surface area contributed by atoms with Crippen LogP contribution >= 0.6 is 12.2 Å². The summed E-state index contributed by atoms with van der Waals surface area (Å²) >= 11 is 5.12. The van der Waals surface area contributed by atoms with E-state index in [9.17, 15) is 0 Å². The number of rotatable bonds is 3. The third kappa shape index (κ3) is 2.77. The predicted octanol–water partition coefficient (Wildman–Crippen LogP) is 1.72. The first kappa shape index (κ1) is 11.5. The minimum absolute atomic E-state index is 0.255. The van der Waals surface area contributed by atoms with Crippen molar-refractivity contribution >= 4 is 17.2 Å². The second-order valence-electron chi connectivity index (χ2n) is 4.21. The van der Waals surface area contributed by atoms with Gasteiger partial charge in [-0.2, -0.15) is 0 Å². The number of pyridine rings is 1. The van der Waals surface area contributed by atoms with Crippen molar-refractivity contribution in [3.05, 3.63) is 30.1 Å². The summed E-state index contributed by atoms with van der Waals surface area (Å²) in [6.07, 6.45) is 5.36. The van der Waals surface area contributed by atoms with Gasteiger partial charge in [0.1, 0.15) is 0 Å². The highest BCUT2D eigenvalue weighted by Gasteiger charge is 2.24. The summed E-state index contributed by atoms with van der Waals surface area (Å²) in [5.74, 6) is 0. The molecule has 2 N–H and O–H groups in total. The number of piperidine rings is 1. The molecule has 1 aromatic heterocycles. The Bertz CT molecular complexity index is 353. The largest absolute Gasteiger partial charge is 0.392 e. The van der Waals surface area contributed by atoms with Crippen LogP contribution in [0.4, 0.5) is 0 Å². The number of nitrogens with zero attached hydrogens (tertiary/aromatic N) is 2. The third-order valence-corrected chi connectivity index (χ3v) is 3.31. The molecule has 0 bridgehead atoms. The van der Waals surface area contributed by atoms with Crippen LogP contribution in [-0.4, -0.2) is 27.5 Å². The van der Waals surface area contributed by atoms with Crippen molar-refractivity contribution in [2.75, 3.05) is 6.54 Å². The highest BCUT2D eigenvalue weighted by molar-refractivity contribution is 7.80. The highest BCUT2D eigenvalue weighted by atomic mass is 32.1. The van der Waals surface area contributed by atoms with Gasteiger partial charge in [-0.3, -0.25) is 9.88 Å². The molecule has 1 atom stereocenters. The summed E-state index contributed by atoms with van der Waals surface area (Å²) in [6.45, 7) is 1.92. The number of likely N-dealkylation sites (tertiary alicyclic amines) is 1. The van der Waals surface area contributed by atoms with Gasteiger partial charge in [-0.25, -0.2) is 0 Å². The molecule has 1 saturated heterocycles. The molecule has 0 saturated carbocycles. The van der Waals surface area contributed by atoms with Crippen molar-refractivity contribution in [3.8, 4) is 0 Å². The summed E-state index contributed by atoms with van der Waals surface area (Å²) in [5.41, 5.74) is 6.87. The first-order chi connectivity index (χ1) is 7.77. The van der Waals surface area contributed by atoms with E-state index < -0.39 is 0 Å². The van der Waals surface area contributed by atoms with Crippen molar-refractivity contribution in [2.24, 2.45) is 5.73 Å². The van der Waals surface area contributed by atoms with E-state index in [0.29, 0.717) is 4.99 Å². The van der Waals surface area contributed by atoms with E-state index in [0.717, 1.165) is 25.2 Å². The summed E-state index contributed by atoms with van der Waals surface area (Å²) in [7, 11) is 0. The van der Waals surface area contributed by atoms with Crippen LogP contribution in [-0.2, 0) is 6.54 Å². The van der Waals surface area contributed by atoms with E-state index in [1.165, 1.54) is 12.8 Å². The van der Waals surface area contributed by atoms with Crippen LogP contribution in [0.15, 0.2) is 24.4 Å². The van der Waals surface area contributed by atoms with Crippen LogP contribution in [0.1, 0.15) is 25.0 Å². The number of hydrogen-bond acceptors (Lipinski definition) is 3. The maximum atomic E-state index is 5.78. The lowest BCUT2D eigenvalue weighted by Crippen LogP contribution is -2.46. The maximum Gasteiger partial charge on any atom is 0.0902 e. The molecule has 1 aromatic rings. The van der Waals surface area contributed by atoms with Gasteiger partial charge in [0, 0.05) is 12.7 Å².